The first-order valence-corrected chi connectivity index (χ1v) is 11.3. The number of halogens is 2. The van der Waals surface area contributed by atoms with E-state index in [1.54, 1.807) is 31.4 Å². The van der Waals surface area contributed by atoms with E-state index in [1.165, 1.54) is 6.07 Å². The number of hydrogen-bond acceptors (Lipinski definition) is 6. The summed E-state index contributed by atoms with van der Waals surface area (Å²) in [5.41, 5.74) is 2.23. The van der Waals surface area contributed by atoms with Gasteiger partial charge in [0.15, 0.2) is 11.5 Å². The number of piperazine rings is 1. The zero-order valence-corrected chi connectivity index (χ0v) is 19.9. The van der Waals surface area contributed by atoms with E-state index in [9.17, 15) is 9.50 Å². The predicted molar refractivity (Wildman–Crippen MR) is 135 cm³/mol. The van der Waals surface area contributed by atoms with Gasteiger partial charge in [0.2, 0.25) is 0 Å². The van der Waals surface area contributed by atoms with Crippen molar-refractivity contribution in [3.63, 3.8) is 0 Å². The van der Waals surface area contributed by atoms with E-state index in [2.05, 4.69) is 14.7 Å². The quantitative estimate of drug-likeness (QED) is 0.503. The van der Waals surface area contributed by atoms with Crippen molar-refractivity contribution in [2.45, 2.75) is 6.42 Å². The second-order valence-electron chi connectivity index (χ2n) is 8.32. The average molecular weight is 486 g/mol. The van der Waals surface area contributed by atoms with Crippen LogP contribution in [0.2, 0.25) is 0 Å². The van der Waals surface area contributed by atoms with Crippen LogP contribution in [0.1, 0.15) is 6.42 Å². The van der Waals surface area contributed by atoms with E-state index in [-0.39, 0.29) is 24.0 Å². The maximum absolute atomic E-state index is 14.4. The van der Waals surface area contributed by atoms with Gasteiger partial charge in [-0.15, -0.1) is 12.4 Å². The zero-order chi connectivity index (χ0) is 22.8. The number of benzene rings is 3. The highest BCUT2D eigenvalue weighted by molar-refractivity contribution is 5.85. The highest BCUT2D eigenvalue weighted by Gasteiger charge is 2.27. The smallest absolute Gasteiger partial charge is 0.155 e. The fourth-order valence-corrected chi connectivity index (χ4v) is 4.72. The van der Waals surface area contributed by atoms with Gasteiger partial charge in [0, 0.05) is 32.7 Å². The molecule has 0 bridgehead atoms. The van der Waals surface area contributed by atoms with E-state index in [1.807, 2.05) is 30.3 Å². The van der Waals surface area contributed by atoms with Gasteiger partial charge < -0.3 is 24.4 Å². The Labute approximate surface area is 205 Å². The van der Waals surface area contributed by atoms with Gasteiger partial charge in [-0.1, -0.05) is 24.3 Å². The molecule has 6 nitrogen and oxygen atoms in total. The van der Waals surface area contributed by atoms with Crippen LogP contribution in [0.5, 0.6) is 23.0 Å². The third-order valence-electron chi connectivity index (χ3n) is 6.34. The number of aromatic hydroxyl groups is 1. The molecule has 0 aromatic heterocycles. The average Bonchev–Trinajstić information content (AvgIpc) is 2.84. The second-order valence-corrected chi connectivity index (χ2v) is 8.32. The van der Waals surface area contributed by atoms with Crippen LogP contribution in [0.15, 0.2) is 60.7 Å². The number of ether oxygens (including phenoxy) is 2. The van der Waals surface area contributed by atoms with Gasteiger partial charge in [-0.2, -0.15) is 0 Å². The summed E-state index contributed by atoms with van der Waals surface area (Å²) in [4.78, 5) is 6.61. The van der Waals surface area contributed by atoms with Crippen molar-refractivity contribution in [2.24, 2.45) is 0 Å². The van der Waals surface area contributed by atoms with Gasteiger partial charge in [0.1, 0.15) is 28.7 Å². The van der Waals surface area contributed by atoms with Crippen molar-refractivity contribution in [2.75, 3.05) is 56.2 Å². The number of phenols is 1. The van der Waals surface area contributed by atoms with Crippen LogP contribution < -0.4 is 19.3 Å². The second kappa shape index (κ2) is 10.4. The molecule has 0 radical (unpaired) electrons. The third kappa shape index (κ3) is 4.58. The number of nitrogens with zero attached hydrogens (tertiary/aromatic N) is 3. The highest BCUT2D eigenvalue weighted by atomic mass is 35.5. The van der Waals surface area contributed by atoms with E-state index < -0.39 is 0 Å². The molecular formula is C26H29ClFN3O3. The van der Waals surface area contributed by atoms with Crippen LogP contribution in [0, 0.1) is 5.82 Å². The standard InChI is InChI=1S/C26H28FN3O3.ClH/c1-32-23-11-4-7-19(27)25(23)29-17-15-28(16-18-29)13-6-14-30-20-8-2-3-10-22(20)33-24-12-5-9-21(31)26(24)30;/h2-5,7-12,31H,6,13-18H2,1H3;1H. The van der Waals surface area contributed by atoms with Crippen LogP contribution in [0.4, 0.5) is 21.5 Å². The fourth-order valence-electron chi connectivity index (χ4n) is 4.72. The number of para-hydroxylation sites is 4. The maximum atomic E-state index is 14.4. The molecule has 3 aromatic rings. The molecule has 2 aliphatic rings. The first kappa shape index (κ1) is 24.0. The molecule has 2 heterocycles. The lowest BCUT2D eigenvalue weighted by Gasteiger charge is -2.37. The Hall–Kier alpha value is -3.16. The summed E-state index contributed by atoms with van der Waals surface area (Å²) in [6, 6.07) is 18.2. The van der Waals surface area contributed by atoms with Crippen LogP contribution in [0.25, 0.3) is 0 Å². The van der Waals surface area contributed by atoms with E-state index in [0.717, 1.165) is 57.1 Å². The summed E-state index contributed by atoms with van der Waals surface area (Å²) in [6.07, 6.45) is 0.922. The van der Waals surface area contributed by atoms with Crippen molar-refractivity contribution in [3.8, 4) is 23.0 Å². The van der Waals surface area contributed by atoms with Crippen molar-refractivity contribution < 1.29 is 19.0 Å². The van der Waals surface area contributed by atoms with Gasteiger partial charge in [-0.25, -0.2) is 4.39 Å². The summed E-state index contributed by atoms with van der Waals surface area (Å²) in [5.74, 6) is 2.01. The van der Waals surface area contributed by atoms with Crippen LogP contribution in [0.3, 0.4) is 0 Å². The van der Waals surface area contributed by atoms with Gasteiger partial charge in [-0.3, -0.25) is 4.90 Å². The maximum Gasteiger partial charge on any atom is 0.155 e. The van der Waals surface area contributed by atoms with Crippen molar-refractivity contribution >= 4 is 29.5 Å². The Balaban J connectivity index is 0.00000274. The molecule has 0 unspecified atom stereocenters. The topological polar surface area (TPSA) is 48.4 Å². The number of hydrogen-bond donors (Lipinski definition) is 1. The Morgan fingerprint density at radius 2 is 1.62 bits per heavy atom. The molecule has 0 amide bonds. The number of methoxy groups -OCH3 is 1. The highest BCUT2D eigenvalue weighted by Crippen LogP contribution is 2.50. The molecule has 0 spiro atoms. The summed E-state index contributed by atoms with van der Waals surface area (Å²) >= 11 is 0. The molecular weight excluding hydrogens is 457 g/mol. The first-order chi connectivity index (χ1) is 16.2. The van der Waals surface area contributed by atoms with Gasteiger partial charge >= 0.3 is 0 Å². The molecule has 5 rings (SSSR count). The molecule has 2 aliphatic heterocycles. The van der Waals surface area contributed by atoms with Crippen LogP contribution >= 0.6 is 12.4 Å². The fraction of sp³-hybridized carbons (Fsp3) is 0.308. The Morgan fingerprint density at radius 1 is 0.882 bits per heavy atom. The Morgan fingerprint density at radius 3 is 2.41 bits per heavy atom. The zero-order valence-electron chi connectivity index (χ0n) is 19.1. The molecule has 1 saturated heterocycles. The van der Waals surface area contributed by atoms with E-state index in [4.69, 9.17) is 9.47 Å². The minimum atomic E-state index is -0.243. The number of anilines is 3. The van der Waals surface area contributed by atoms with Crippen molar-refractivity contribution in [3.05, 3.63) is 66.5 Å². The van der Waals surface area contributed by atoms with Crippen molar-refractivity contribution in [1.82, 2.24) is 4.90 Å². The SMILES string of the molecule is COc1cccc(F)c1N1CCN(CCCN2c3ccccc3Oc3cccc(O)c32)CC1.Cl. The molecule has 1 N–H and O–H groups in total. The van der Waals surface area contributed by atoms with Crippen LogP contribution in [-0.4, -0.2) is 56.4 Å². The van der Waals surface area contributed by atoms with Crippen molar-refractivity contribution in [1.29, 1.82) is 0 Å². The van der Waals surface area contributed by atoms with Crippen LogP contribution in [-0.2, 0) is 0 Å². The van der Waals surface area contributed by atoms with E-state index >= 15 is 0 Å². The molecule has 8 heteroatoms. The predicted octanol–water partition coefficient (Wildman–Crippen LogP) is 5.42. The summed E-state index contributed by atoms with van der Waals surface area (Å²) in [7, 11) is 1.58. The van der Waals surface area contributed by atoms with E-state index in [0.29, 0.717) is 22.9 Å². The normalized spacial score (nSPS) is 15.1. The summed E-state index contributed by atoms with van der Waals surface area (Å²) in [5, 5.41) is 10.5. The summed E-state index contributed by atoms with van der Waals surface area (Å²) in [6.45, 7) is 4.90. The largest absolute Gasteiger partial charge is 0.506 e. The molecule has 180 valence electrons. The monoisotopic (exact) mass is 485 g/mol. The lowest BCUT2D eigenvalue weighted by Crippen LogP contribution is -2.47. The minimum Gasteiger partial charge on any atom is -0.506 e. The Bertz CT molecular complexity index is 1140. The summed E-state index contributed by atoms with van der Waals surface area (Å²) < 4.78 is 25.8. The molecule has 0 atom stereocenters. The molecule has 1 fully saturated rings. The lowest BCUT2D eigenvalue weighted by atomic mass is 10.1. The first-order valence-electron chi connectivity index (χ1n) is 11.3. The Kier molecular flexibility index (Phi) is 7.34. The minimum absolute atomic E-state index is 0. The number of fused-ring (bicyclic) bond motifs is 2. The molecule has 3 aromatic carbocycles. The van der Waals surface area contributed by atoms with Gasteiger partial charge in [0.25, 0.3) is 0 Å². The molecule has 0 saturated carbocycles. The molecule has 0 aliphatic carbocycles. The van der Waals surface area contributed by atoms with Gasteiger partial charge in [-0.05, 0) is 49.4 Å². The lowest BCUT2D eigenvalue weighted by molar-refractivity contribution is 0.254. The molecule has 34 heavy (non-hydrogen) atoms. The third-order valence-corrected chi connectivity index (χ3v) is 6.34. The van der Waals surface area contributed by atoms with Gasteiger partial charge in [0.05, 0.1) is 12.8 Å². The number of phenolic OH excluding ortho intramolecular Hbond substituents is 1. The number of rotatable bonds is 6.